The van der Waals surface area contributed by atoms with Gasteiger partial charge in [0, 0.05) is 11.6 Å². The third-order valence-electron chi connectivity index (χ3n) is 2.62. The Labute approximate surface area is 115 Å². The second-order valence-electron chi connectivity index (χ2n) is 4.01. The second-order valence-corrected chi connectivity index (χ2v) is 5.69. The molecule has 0 aliphatic heterocycles. The fourth-order valence-corrected chi connectivity index (χ4v) is 2.65. The van der Waals surface area contributed by atoms with Crippen LogP contribution in [0.15, 0.2) is 68.8 Å². The van der Waals surface area contributed by atoms with E-state index < -0.39 is 10.0 Å². The van der Waals surface area contributed by atoms with E-state index in [9.17, 15) is 8.42 Å². The molecule has 0 unspecified atom stereocenters. The van der Waals surface area contributed by atoms with Gasteiger partial charge in [0.2, 0.25) is 5.88 Å². The molecule has 102 valence electrons. The van der Waals surface area contributed by atoms with Gasteiger partial charge in [-0.15, -0.1) is 0 Å². The molecule has 0 amide bonds. The maximum atomic E-state index is 12.1. The first-order valence-corrected chi connectivity index (χ1v) is 7.21. The van der Waals surface area contributed by atoms with E-state index in [0.29, 0.717) is 11.3 Å². The summed E-state index contributed by atoms with van der Waals surface area (Å²) in [4.78, 5) is 0.154. The largest absolute Gasteiger partial charge is 0.472 e. The number of aromatic nitrogens is 1. The summed E-state index contributed by atoms with van der Waals surface area (Å²) < 4.78 is 36.4. The van der Waals surface area contributed by atoms with Gasteiger partial charge in [-0.3, -0.25) is 0 Å². The molecule has 20 heavy (non-hydrogen) atoms. The highest BCUT2D eigenvalue weighted by Gasteiger charge is 2.17. The van der Waals surface area contributed by atoms with Crippen LogP contribution in [0.5, 0.6) is 0 Å². The minimum Gasteiger partial charge on any atom is -0.472 e. The molecule has 6 nitrogen and oxygen atoms in total. The molecular formula is C13H10N2O4S. The molecule has 1 N–H and O–H groups in total. The first-order valence-electron chi connectivity index (χ1n) is 5.72. The first kappa shape index (κ1) is 12.5. The lowest BCUT2D eigenvalue weighted by molar-refractivity contribution is 0.438. The Morgan fingerprint density at radius 3 is 2.60 bits per heavy atom. The summed E-state index contributed by atoms with van der Waals surface area (Å²) in [6.45, 7) is 0. The van der Waals surface area contributed by atoms with Crippen LogP contribution in [0, 0.1) is 0 Å². The lowest BCUT2D eigenvalue weighted by atomic mass is 10.2. The monoisotopic (exact) mass is 290 g/mol. The molecule has 0 aliphatic rings. The third kappa shape index (κ3) is 2.43. The van der Waals surface area contributed by atoms with E-state index in [2.05, 4.69) is 9.88 Å². The van der Waals surface area contributed by atoms with E-state index in [1.54, 1.807) is 24.3 Å². The Morgan fingerprint density at radius 1 is 1.10 bits per heavy atom. The van der Waals surface area contributed by atoms with Crippen LogP contribution in [0.25, 0.3) is 11.3 Å². The van der Waals surface area contributed by atoms with Crippen LogP contribution in [-0.2, 0) is 10.0 Å². The summed E-state index contributed by atoms with van der Waals surface area (Å²) in [6, 6.07) is 11.2. The molecule has 0 fully saturated rings. The predicted octanol–water partition coefficient (Wildman–Crippen LogP) is 2.74. The molecule has 0 bridgehead atoms. The van der Waals surface area contributed by atoms with E-state index in [1.165, 1.54) is 30.7 Å². The zero-order valence-corrected chi connectivity index (χ0v) is 11.0. The Balaban J connectivity index is 1.85. The van der Waals surface area contributed by atoms with Crippen LogP contribution in [0.4, 0.5) is 5.88 Å². The molecule has 0 saturated heterocycles. The third-order valence-corrected chi connectivity index (χ3v) is 3.98. The van der Waals surface area contributed by atoms with Gasteiger partial charge >= 0.3 is 0 Å². The van der Waals surface area contributed by atoms with Gasteiger partial charge in [-0.1, -0.05) is 23.4 Å². The van der Waals surface area contributed by atoms with Crippen molar-refractivity contribution in [1.82, 2.24) is 5.16 Å². The van der Waals surface area contributed by atoms with Crippen molar-refractivity contribution in [2.75, 3.05) is 4.72 Å². The van der Waals surface area contributed by atoms with E-state index in [0.717, 1.165) is 0 Å². The molecule has 0 aliphatic carbocycles. The van der Waals surface area contributed by atoms with Gasteiger partial charge < -0.3 is 8.94 Å². The average molecular weight is 290 g/mol. The number of hydrogen-bond donors (Lipinski definition) is 1. The molecular weight excluding hydrogens is 280 g/mol. The molecule has 2 heterocycles. The number of nitrogens with one attached hydrogen (secondary N) is 1. The highest BCUT2D eigenvalue weighted by atomic mass is 32.2. The topological polar surface area (TPSA) is 85.3 Å². The van der Waals surface area contributed by atoms with E-state index in [1.807, 2.05) is 0 Å². The Kier molecular flexibility index (Phi) is 3.03. The van der Waals surface area contributed by atoms with Gasteiger partial charge in [-0.25, -0.2) is 13.1 Å². The highest BCUT2D eigenvalue weighted by Crippen LogP contribution is 2.23. The van der Waals surface area contributed by atoms with Crippen LogP contribution in [0.1, 0.15) is 0 Å². The standard InChI is InChI=1S/C13H10N2O4S/c16-20(17,11-4-2-1-3-5-11)15-13-8-12(14-19-13)10-6-7-18-9-10/h1-9,15H. The zero-order chi connectivity index (χ0) is 14.0. The summed E-state index contributed by atoms with van der Waals surface area (Å²) >= 11 is 0. The lowest BCUT2D eigenvalue weighted by Crippen LogP contribution is -2.12. The lowest BCUT2D eigenvalue weighted by Gasteiger charge is -2.03. The number of rotatable bonds is 4. The van der Waals surface area contributed by atoms with Crippen molar-refractivity contribution >= 4 is 15.9 Å². The number of benzene rings is 1. The fourth-order valence-electron chi connectivity index (χ4n) is 1.66. The van der Waals surface area contributed by atoms with Crippen molar-refractivity contribution in [3.05, 3.63) is 55.0 Å². The predicted molar refractivity (Wildman–Crippen MR) is 71.5 cm³/mol. The fraction of sp³-hybridized carbons (Fsp3) is 0. The Hall–Kier alpha value is -2.54. The molecule has 0 atom stereocenters. The van der Waals surface area contributed by atoms with Gasteiger partial charge in [0.25, 0.3) is 10.0 Å². The van der Waals surface area contributed by atoms with Gasteiger partial charge in [-0.05, 0) is 18.2 Å². The number of nitrogens with zero attached hydrogens (tertiary/aromatic N) is 1. The number of hydrogen-bond acceptors (Lipinski definition) is 5. The summed E-state index contributed by atoms with van der Waals surface area (Å²) in [5.74, 6) is 0.0463. The van der Waals surface area contributed by atoms with Gasteiger partial charge in [0.15, 0.2) is 0 Å². The molecule has 3 rings (SSSR count). The van der Waals surface area contributed by atoms with Crippen molar-refractivity contribution < 1.29 is 17.4 Å². The van der Waals surface area contributed by atoms with Crippen molar-refractivity contribution in [2.24, 2.45) is 0 Å². The van der Waals surface area contributed by atoms with E-state index in [-0.39, 0.29) is 10.8 Å². The summed E-state index contributed by atoms with van der Waals surface area (Å²) in [5.41, 5.74) is 1.20. The maximum absolute atomic E-state index is 12.1. The van der Waals surface area contributed by atoms with Gasteiger partial charge in [-0.2, -0.15) is 0 Å². The van der Waals surface area contributed by atoms with Gasteiger partial charge in [0.1, 0.15) is 5.69 Å². The van der Waals surface area contributed by atoms with Crippen LogP contribution in [0.2, 0.25) is 0 Å². The van der Waals surface area contributed by atoms with Gasteiger partial charge in [0.05, 0.1) is 17.4 Å². The van der Waals surface area contributed by atoms with Crippen LogP contribution in [-0.4, -0.2) is 13.6 Å². The summed E-state index contributed by atoms with van der Waals surface area (Å²) in [7, 11) is -3.68. The molecule has 0 saturated carbocycles. The number of anilines is 1. The average Bonchev–Trinajstić information content (AvgIpc) is 3.10. The SMILES string of the molecule is O=S(=O)(Nc1cc(-c2ccoc2)no1)c1ccccc1. The van der Waals surface area contributed by atoms with Crippen molar-refractivity contribution in [1.29, 1.82) is 0 Å². The molecule has 3 aromatic rings. The minimum absolute atomic E-state index is 0.0463. The molecule has 0 radical (unpaired) electrons. The summed E-state index contributed by atoms with van der Waals surface area (Å²) in [5, 5.41) is 3.77. The Bertz CT molecular complexity index is 792. The number of sulfonamides is 1. The summed E-state index contributed by atoms with van der Waals surface area (Å²) in [6.07, 6.45) is 2.99. The second kappa shape index (κ2) is 4.86. The van der Waals surface area contributed by atoms with E-state index >= 15 is 0 Å². The first-order chi connectivity index (χ1) is 9.65. The van der Waals surface area contributed by atoms with E-state index in [4.69, 9.17) is 8.94 Å². The molecule has 0 spiro atoms. The quantitative estimate of drug-likeness (QED) is 0.798. The normalized spacial score (nSPS) is 11.4. The minimum atomic E-state index is -3.68. The smallest absolute Gasteiger partial charge is 0.264 e. The van der Waals surface area contributed by atoms with Crippen LogP contribution < -0.4 is 4.72 Å². The highest BCUT2D eigenvalue weighted by molar-refractivity contribution is 7.92. The van der Waals surface area contributed by atoms with Crippen LogP contribution >= 0.6 is 0 Å². The van der Waals surface area contributed by atoms with Crippen LogP contribution in [0.3, 0.4) is 0 Å². The molecule has 1 aromatic carbocycles. The van der Waals surface area contributed by atoms with Crippen molar-refractivity contribution in [3.63, 3.8) is 0 Å². The Morgan fingerprint density at radius 2 is 1.90 bits per heavy atom. The zero-order valence-electron chi connectivity index (χ0n) is 10.2. The van der Waals surface area contributed by atoms with Crippen molar-refractivity contribution in [2.45, 2.75) is 4.90 Å². The maximum Gasteiger partial charge on any atom is 0.264 e. The molecule has 2 aromatic heterocycles. The number of furan rings is 1. The molecule has 7 heteroatoms. The van der Waals surface area contributed by atoms with Crippen molar-refractivity contribution in [3.8, 4) is 11.3 Å².